The number of nitrogens with zero attached hydrogens (tertiary/aromatic N) is 3. The highest BCUT2D eigenvalue weighted by Crippen LogP contribution is 2.47. The second-order valence-electron chi connectivity index (χ2n) is 11.1. The third kappa shape index (κ3) is 4.01. The smallest absolute Gasteiger partial charge is 0.274 e. The molecule has 11 heteroatoms. The third-order valence-corrected chi connectivity index (χ3v) is 8.84. The molecular formula is C26H29ClFN5O4. The van der Waals surface area contributed by atoms with E-state index in [1.165, 1.54) is 12.4 Å². The Morgan fingerprint density at radius 2 is 1.95 bits per heavy atom. The second-order valence-corrected chi connectivity index (χ2v) is 11.5. The summed E-state index contributed by atoms with van der Waals surface area (Å²) < 4.78 is 19.1. The maximum Gasteiger partial charge on any atom is 0.274 e. The third-order valence-electron chi connectivity index (χ3n) is 8.53. The molecule has 4 fully saturated rings. The van der Waals surface area contributed by atoms with Gasteiger partial charge >= 0.3 is 0 Å². The molecule has 1 aromatic carbocycles. The number of imidazole rings is 1. The van der Waals surface area contributed by atoms with Gasteiger partial charge in [0, 0.05) is 25.7 Å². The fourth-order valence-electron chi connectivity index (χ4n) is 6.20. The molecule has 2 aromatic rings. The summed E-state index contributed by atoms with van der Waals surface area (Å²) in [5, 5.41) is 3.26. The molecule has 3 saturated heterocycles. The maximum atomic E-state index is 13.9. The van der Waals surface area contributed by atoms with Crippen molar-refractivity contribution in [3.8, 4) is 0 Å². The van der Waals surface area contributed by atoms with Gasteiger partial charge in [-0.15, -0.1) is 0 Å². The molecule has 0 bridgehead atoms. The fraction of sp³-hybridized carbons (Fsp3) is 0.538. The highest BCUT2D eigenvalue weighted by Gasteiger charge is 2.52. The molecule has 4 heterocycles. The van der Waals surface area contributed by atoms with Crippen molar-refractivity contribution in [1.82, 2.24) is 20.2 Å². The first-order chi connectivity index (χ1) is 17.7. The van der Waals surface area contributed by atoms with Crippen molar-refractivity contribution < 1.29 is 23.5 Å². The van der Waals surface area contributed by atoms with Gasteiger partial charge < -0.3 is 24.8 Å². The van der Waals surface area contributed by atoms with Crippen molar-refractivity contribution in [3.63, 3.8) is 0 Å². The minimum Gasteiger partial charge on any atom is -0.380 e. The van der Waals surface area contributed by atoms with Gasteiger partial charge in [-0.1, -0.05) is 11.6 Å². The molecule has 9 nitrogen and oxygen atoms in total. The standard InChI is InChI=1S/C26H29ClFN5O4/c1-15-8-19(17(27)9-18(15)28)33-7-6-26(24(33)36)4-2-16(3-5-26)31-22(34)20-21(30-14-29-20)23(35)32-10-25(11-32)12-37-13-25/h8-9,14,16H,2-7,10-13H2,1H3,(H,29,30)(H,31,34)/t16-,26-. The Morgan fingerprint density at radius 3 is 2.62 bits per heavy atom. The van der Waals surface area contributed by atoms with Crippen LogP contribution in [0.15, 0.2) is 18.5 Å². The number of likely N-dealkylation sites (tertiary alicyclic amines) is 1. The van der Waals surface area contributed by atoms with E-state index in [-0.39, 0.29) is 45.6 Å². The molecule has 6 rings (SSSR count). The first-order valence-electron chi connectivity index (χ1n) is 12.7. The molecule has 3 aliphatic heterocycles. The number of anilines is 1. The number of aromatic amines is 1. The van der Waals surface area contributed by atoms with Crippen LogP contribution in [0.1, 0.15) is 58.6 Å². The van der Waals surface area contributed by atoms with Crippen LogP contribution in [-0.4, -0.2) is 71.5 Å². The quantitative estimate of drug-likeness (QED) is 0.633. The number of nitrogens with one attached hydrogen (secondary N) is 2. The average Bonchev–Trinajstić information content (AvgIpc) is 3.42. The normalized spacial score (nSPS) is 26.4. The first kappa shape index (κ1) is 24.4. The number of carbonyl (C=O) groups excluding carboxylic acids is 3. The van der Waals surface area contributed by atoms with Crippen molar-refractivity contribution in [2.75, 3.05) is 37.7 Å². The summed E-state index contributed by atoms with van der Waals surface area (Å²) in [6, 6.07) is 2.78. The van der Waals surface area contributed by atoms with E-state index >= 15 is 0 Å². The Hall–Kier alpha value is -2.98. The predicted molar refractivity (Wildman–Crippen MR) is 133 cm³/mol. The summed E-state index contributed by atoms with van der Waals surface area (Å²) in [5.41, 5.74) is 0.879. The van der Waals surface area contributed by atoms with Gasteiger partial charge in [-0.3, -0.25) is 14.4 Å². The topological polar surface area (TPSA) is 108 Å². The largest absolute Gasteiger partial charge is 0.380 e. The van der Waals surface area contributed by atoms with Crippen LogP contribution < -0.4 is 10.2 Å². The Balaban J connectivity index is 1.07. The number of benzene rings is 1. The molecule has 196 valence electrons. The number of carbonyl (C=O) groups is 3. The predicted octanol–water partition coefficient (Wildman–Crippen LogP) is 3.08. The number of hydrogen-bond acceptors (Lipinski definition) is 5. The van der Waals surface area contributed by atoms with E-state index in [2.05, 4.69) is 15.3 Å². The summed E-state index contributed by atoms with van der Waals surface area (Å²) in [6.07, 6.45) is 4.63. The monoisotopic (exact) mass is 529 g/mol. The van der Waals surface area contributed by atoms with Gasteiger partial charge in [0.1, 0.15) is 11.5 Å². The van der Waals surface area contributed by atoms with E-state index < -0.39 is 11.2 Å². The number of halogens is 2. The first-order valence-corrected chi connectivity index (χ1v) is 13.1. The SMILES string of the molecule is Cc1cc(N2CC[C@]3(CC[C@@H](NC(=O)c4[nH]cnc4C(=O)N4CC5(COC5)C4)CC3)C2=O)c(Cl)cc1F. The fourth-order valence-corrected chi connectivity index (χ4v) is 6.45. The van der Waals surface area contributed by atoms with E-state index in [0.29, 0.717) is 76.2 Å². The van der Waals surface area contributed by atoms with Gasteiger partial charge in [0.25, 0.3) is 11.8 Å². The van der Waals surface area contributed by atoms with E-state index in [9.17, 15) is 18.8 Å². The number of amides is 3. The van der Waals surface area contributed by atoms with Crippen LogP contribution in [0.25, 0.3) is 0 Å². The minimum atomic E-state index is -0.499. The van der Waals surface area contributed by atoms with E-state index in [1.807, 2.05) is 0 Å². The number of hydrogen-bond donors (Lipinski definition) is 2. The lowest BCUT2D eigenvalue weighted by atomic mass is 9.71. The van der Waals surface area contributed by atoms with E-state index in [4.69, 9.17) is 16.3 Å². The van der Waals surface area contributed by atoms with Crippen LogP contribution in [0.4, 0.5) is 10.1 Å². The van der Waals surface area contributed by atoms with Crippen LogP contribution in [0.3, 0.4) is 0 Å². The van der Waals surface area contributed by atoms with Crippen LogP contribution in [0, 0.1) is 23.6 Å². The Labute approximate surface area is 218 Å². The molecule has 0 radical (unpaired) electrons. The lowest BCUT2D eigenvalue weighted by Gasteiger charge is -2.54. The van der Waals surface area contributed by atoms with Crippen LogP contribution >= 0.6 is 11.6 Å². The average molecular weight is 530 g/mol. The highest BCUT2D eigenvalue weighted by molar-refractivity contribution is 6.34. The molecule has 0 unspecified atom stereocenters. The van der Waals surface area contributed by atoms with Crippen molar-refractivity contribution in [1.29, 1.82) is 0 Å². The summed E-state index contributed by atoms with van der Waals surface area (Å²) >= 11 is 6.27. The van der Waals surface area contributed by atoms with Crippen molar-refractivity contribution >= 4 is 35.0 Å². The van der Waals surface area contributed by atoms with Crippen LogP contribution in [0.2, 0.25) is 5.02 Å². The highest BCUT2D eigenvalue weighted by atomic mass is 35.5. The number of aromatic nitrogens is 2. The zero-order chi connectivity index (χ0) is 25.9. The molecule has 1 aromatic heterocycles. The molecule has 4 aliphatic rings. The van der Waals surface area contributed by atoms with Gasteiger partial charge in [0.2, 0.25) is 5.91 Å². The Morgan fingerprint density at radius 1 is 1.22 bits per heavy atom. The summed E-state index contributed by atoms with van der Waals surface area (Å²) in [4.78, 5) is 49.7. The lowest BCUT2D eigenvalue weighted by molar-refractivity contribution is -0.176. The number of rotatable bonds is 4. The number of aryl methyl sites for hydroxylation is 1. The van der Waals surface area contributed by atoms with Gasteiger partial charge in [-0.2, -0.15) is 0 Å². The van der Waals surface area contributed by atoms with Crippen LogP contribution in [-0.2, 0) is 9.53 Å². The van der Waals surface area contributed by atoms with Gasteiger partial charge in [0.05, 0.1) is 41.1 Å². The molecular weight excluding hydrogens is 501 g/mol. The molecule has 37 heavy (non-hydrogen) atoms. The summed E-state index contributed by atoms with van der Waals surface area (Å²) in [7, 11) is 0. The van der Waals surface area contributed by atoms with Crippen molar-refractivity contribution in [2.24, 2.45) is 10.8 Å². The lowest BCUT2D eigenvalue weighted by Crippen LogP contribution is -2.67. The number of ether oxygens (including phenoxy) is 1. The van der Waals surface area contributed by atoms with Crippen molar-refractivity contribution in [3.05, 3.63) is 46.3 Å². The van der Waals surface area contributed by atoms with E-state index in [1.54, 1.807) is 22.8 Å². The Kier molecular flexibility index (Phi) is 5.80. The van der Waals surface area contributed by atoms with Gasteiger partial charge in [0.15, 0.2) is 5.69 Å². The molecule has 0 atom stereocenters. The molecule has 2 spiro atoms. The van der Waals surface area contributed by atoms with Crippen molar-refractivity contribution in [2.45, 2.75) is 45.1 Å². The molecule has 1 aliphatic carbocycles. The summed E-state index contributed by atoms with van der Waals surface area (Å²) in [6.45, 7) is 4.78. The molecule has 2 N–H and O–H groups in total. The maximum absolute atomic E-state index is 13.9. The number of H-pyrrole nitrogens is 1. The zero-order valence-corrected chi connectivity index (χ0v) is 21.4. The second kappa shape index (κ2) is 8.80. The van der Waals surface area contributed by atoms with Gasteiger partial charge in [-0.05, 0) is 56.7 Å². The molecule has 1 saturated carbocycles. The zero-order valence-electron chi connectivity index (χ0n) is 20.6. The summed E-state index contributed by atoms with van der Waals surface area (Å²) in [5.74, 6) is -0.999. The minimum absolute atomic E-state index is 0.0100. The van der Waals surface area contributed by atoms with Gasteiger partial charge in [-0.25, -0.2) is 9.37 Å². The molecule has 3 amide bonds. The van der Waals surface area contributed by atoms with Crippen LogP contribution in [0.5, 0.6) is 0 Å². The Bertz CT molecular complexity index is 1280. The van der Waals surface area contributed by atoms with E-state index in [0.717, 1.165) is 0 Å².